The van der Waals surface area contributed by atoms with Crippen molar-refractivity contribution in [1.29, 1.82) is 0 Å². The smallest absolute Gasteiger partial charge is 0.134 e. The van der Waals surface area contributed by atoms with Crippen molar-refractivity contribution in [2.75, 3.05) is 0 Å². The zero-order chi connectivity index (χ0) is 8.27. The molecular formula is C8H8ClNO. The van der Waals surface area contributed by atoms with E-state index in [1.165, 1.54) is 0 Å². The van der Waals surface area contributed by atoms with E-state index in [4.69, 9.17) is 11.6 Å². The summed E-state index contributed by atoms with van der Waals surface area (Å²) >= 11 is 5.65. The average Bonchev–Trinajstić information content (AvgIpc) is 1.85. The molecular weight excluding hydrogens is 162 g/mol. The molecule has 0 radical (unpaired) electrons. The van der Waals surface area contributed by atoms with Crippen molar-refractivity contribution in [3.05, 3.63) is 29.0 Å². The van der Waals surface area contributed by atoms with Gasteiger partial charge in [0, 0.05) is 18.8 Å². The lowest BCUT2D eigenvalue weighted by Gasteiger charge is -1.95. The van der Waals surface area contributed by atoms with E-state index in [0.717, 1.165) is 5.56 Å². The largest absolute Gasteiger partial charge is 0.300 e. The Morgan fingerprint density at radius 3 is 2.91 bits per heavy atom. The molecule has 3 heteroatoms. The number of carbonyl (C=O) groups is 1. The summed E-state index contributed by atoms with van der Waals surface area (Å²) in [5, 5.41) is 0.573. The lowest BCUT2D eigenvalue weighted by Crippen LogP contribution is -1.96. The van der Waals surface area contributed by atoms with Gasteiger partial charge in [0.15, 0.2) is 0 Å². The number of ketones is 1. The monoisotopic (exact) mass is 169 g/mol. The third kappa shape index (κ3) is 2.68. The maximum Gasteiger partial charge on any atom is 0.134 e. The van der Waals surface area contributed by atoms with Gasteiger partial charge >= 0.3 is 0 Å². The summed E-state index contributed by atoms with van der Waals surface area (Å²) in [4.78, 5) is 14.5. The van der Waals surface area contributed by atoms with Crippen molar-refractivity contribution in [1.82, 2.24) is 4.98 Å². The van der Waals surface area contributed by atoms with Crippen molar-refractivity contribution in [3.8, 4) is 0 Å². The van der Waals surface area contributed by atoms with Crippen molar-refractivity contribution in [2.24, 2.45) is 0 Å². The molecule has 2 nitrogen and oxygen atoms in total. The number of nitrogens with zero attached hydrogens (tertiary/aromatic N) is 1. The third-order valence-electron chi connectivity index (χ3n) is 1.21. The lowest BCUT2D eigenvalue weighted by molar-refractivity contribution is -0.116. The van der Waals surface area contributed by atoms with Gasteiger partial charge < -0.3 is 0 Å². The molecule has 0 atom stereocenters. The van der Waals surface area contributed by atoms with E-state index in [1.807, 2.05) is 0 Å². The van der Waals surface area contributed by atoms with Crippen LogP contribution in [-0.2, 0) is 11.2 Å². The summed E-state index contributed by atoms with van der Waals surface area (Å²) < 4.78 is 0. The van der Waals surface area contributed by atoms with Crippen molar-refractivity contribution in [2.45, 2.75) is 13.3 Å². The Morgan fingerprint density at radius 2 is 2.36 bits per heavy atom. The highest BCUT2D eigenvalue weighted by Crippen LogP contribution is 2.08. The second kappa shape index (κ2) is 3.49. The van der Waals surface area contributed by atoms with Gasteiger partial charge in [-0.25, -0.2) is 0 Å². The van der Waals surface area contributed by atoms with Crippen LogP contribution in [0.2, 0.25) is 5.02 Å². The molecule has 1 heterocycles. The second-order valence-corrected chi connectivity index (χ2v) is 2.83. The van der Waals surface area contributed by atoms with E-state index in [1.54, 1.807) is 25.4 Å². The van der Waals surface area contributed by atoms with Crippen LogP contribution in [0, 0.1) is 0 Å². The summed E-state index contributed by atoms with van der Waals surface area (Å²) in [5.74, 6) is 0.120. The molecule has 11 heavy (non-hydrogen) atoms. The first-order valence-electron chi connectivity index (χ1n) is 3.27. The molecule has 0 spiro atoms. The van der Waals surface area contributed by atoms with Crippen molar-refractivity contribution < 1.29 is 4.79 Å². The van der Waals surface area contributed by atoms with Crippen LogP contribution in [0.25, 0.3) is 0 Å². The first-order chi connectivity index (χ1) is 5.18. The summed E-state index contributed by atoms with van der Waals surface area (Å²) in [6.07, 6.45) is 3.60. The molecule has 0 N–H and O–H groups in total. The predicted octanol–water partition coefficient (Wildman–Crippen LogP) is 1.87. The molecule has 0 unspecified atom stereocenters. The Kier molecular flexibility index (Phi) is 2.60. The zero-order valence-corrected chi connectivity index (χ0v) is 6.93. The van der Waals surface area contributed by atoms with E-state index in [9.17, 15) is 4.79 Å². The van der Waals surface area contributed by atoms with Crippen LogP contribution in [0.4, 0.5) is 0 Å². The van der Waals surface area contributed by atoms with Crippen LogP contribution in [0.15, 0.2) is 18.5 Å². The number of carbonyl (C=O) groups excluding carboxylic acids is 1. The fraction of sp³-hybridized carbons (Fsp3) is 0.250. The van der Waals surface area contributed by atoms with Gasteiger partial charge in [-0.2, -0.15) is 0 Å². The fourth-order valence-electron chi connectivity index (χ4n) is 0.840. The number of Topliss-reactive ketones (excluding diaryl/α,β-unsaturated/α-hetero) is 1. The van der Waals surface area contributed by atoms with Gasteiger partial charge in [0.05, 0.1) is 5.02 Å². The van der Waals surface area contributed by atoms with Crippen LogP contribution in [0.1, 0.15) is 12.5 Å². The van der Waals surface area contributed by atoms with Gasteiger partial charge in [0.1, 0.15) is 5.78 Å². The number of hydrogen-bond donors (Lipinski definition) is 0. The lowest BCUT2D eigenvalue weighted by atomic mass is 10.2. The van der Waals surface area contributed by atoms with Crippen LogP contribution < -0.4 is 0 Å². The van der Waals surface area contributed by atoms with Gasteiger partial charge in [-0.05, 0) is 18.6 Å². The molecule has 58 valence electrons. The Bertz CT molecular complexity index is 273. The maximum absolute atomic E-state index is 10.7. The van der Waals surface area contributed by atoms with Crippen molar-refractivity contribution >= 4 is 17.4 Å². The SMILES string of the molecule is CC(=O)Cc1cncc(Cl)c1. The zero-order valence-electron chi connectivity index (χ0n) is 6.17. The summed E-state index contributed by atoms with van der Waals surface area (Å²) in [6.45, 7) is 1.54. The predicted molar refractivity (Wildman–Crippen MR) is 43.6 cm³/mol. The average molecular weight is 170 g/mol. The Labute approximate surface area is 70.2 Å². The van der Waals surface area contributed by atoms with Crippen LogP contribution >= 0.6 is 11.6 Å². The number of pyridine rings is 1. The van der Waals surface area contributed by atoms with E-state index < -0.39 is 0 Å². The minimum Gasteiger partial charge on any atom is -0.300 e. The molecule has 0 aliphatic heterocycles. The normalized spacial score (nSPS) is 9.64. The third-order valence-corrected chi connectivity index (χ3v) is 1.42. The molecule has 0 aliphatic carbocycles. The fourth-order valence-corrected chi connectivity index (χ4v) is 1.04. The van der Waals surface area contributed by atoms with Gasteiger partial charge in [-0.3, -0.25) is 9.78 Å². The minimum absolute atomic E-state index is 0.120. The quantitative estimate of drug-likeness (QED) is 0.677. The van der Waals surface area contributed by atoms with Gasteiger partial charge in [0.2, 0.25) is 0 Å². The summed E-state index contributed by atoms with van der Waals surface area (Å²) in [6, 6.07) is 1.75. The maximum atomic E-state index is 10.7. The molecule has 0 amide bonds. The molecule has 0 saturated heterocycles. The van der Waals surface area contributed by atoms with E-state index in [2.05, 4.69) is 4.98 Å². The minimum atomic E-state index is 0.120. The van der Waals surface area contributed by atoms with Crippen LogP contribution in [0.5, 0.6) is 0 Å². The molecule has 0 bridgehead atoms. The highest BCUT2D eigenvalue weighted by molar-refractivity contribution is 6.30. The Morgan fingerprint density at radius 1 is 1.64 bits per heavy atom. The van der Waals surface area contributed by atoms with Crippen LogP contribution in [0.3, 0.4) is 0 Å². The van der Waals surface area contributed by atoms with Crippen LogP contribution in [-0.4, -0.2) is 10.8 Å². The van der Waals surface area contributed by atoms with Gasteiger partial charge in [-0.1, -0.05) is 11.6 Å². The number of rotatable bonds is 2. The molecule has 1 rings (SSSR count). The highest BCUT2D eigenvalue weighted by atomic mass is 35.5. The molecule has 0 aliphatic rings. The Hall–Kier alpha value is -0.890. The highest BCUT2D eigenvalue weighted by Gasteiger charge is 1.97. The first-order valence-corrected chi connectivity index (χ1v) is 3.65. The number of halogens is 1. The van der Waals surface area contributed by atoms with E-state index >= 15 is 0 Å². The van der Waals surface area contributed by atoms with Crippen molar-refractivity contribution in [3.63, 3.8) is 0 Å². The summed E-state index contributed by atoms with van der Waals surface area (Å²) in [5.41, 5.74) is 0.866. The van der Waals surface area contributed by atoms with E-state index in [-0.39, 0.29) is 5.78 Å². The topological polar surface area (TPSA) is 30.0 Å². The molecule has 0 fully saturated rings. The second-order valence-electron chi connectivity index (χ2n) is 2.39. The molecule has 0 saturated carbocycles. The standard InChI is InChI=1S/C8H8ClNO/c1-6(11)2-7-3-8(9)5-10-4-7/h3-5H,2H2,1H3. The van der Waals surface area contributed by atoms with E-state index in [0.29, 0.717) is 11.4 Å². The summed E-state index contributed by atoms with van der Waals surface area (Å²) in [7, 11) is 0. The number of hydrogen-bond acceptors (Lipinski definition) is 2. The molecule has 0 aromatic carbocycles. The Balaban J connectivity index is 2.79. The number of aromatic nitrogens is 1. The van der Waals surface area contributed by atoms with Gasteiger partial charge in [0.25, 0.3) is 0 Å². The molecule has 1 aromatic heterocycles. The first kappa shape index (κ1) is 8.21. The van der Waals surface area contributed by atoms with Gasteiger partial charge in [-0.15, -0.1) is 0 Å². The molecule has 1 aromatic rings.